The number of hydrogen-bond acceptors (Lipinski definition) is 5. The topological polar surface area (TPSA) is 38.7 Å². The molecule has 0 amide bonds. The van der Waals surface area contributed by atoms with Crippen molar-refractivity contribution in [2.45, 2.75) is 88.6 Å². The van der Waals surface area contributed by atoms with Crippen LogP contribution in [-0.2, 0) is 9.47 Å². The molecule has 5 heteroatoms. The Morgan fingerprint density at radius 1 is 1.11 bits per heavy atom. The molecule has 0 radical (unpaired) electrons. The second-order valence-electron chi connectivity index (χ2n) is 9.56. The van der Waals surface area contributed by atoms with E-state index in [0.29, 0.717) is 11.8 Å². The molecule has 0 aromatic heterocycles. The molecule has 2 heterocycles. The molecule has 1 spiro atoms. The van der Waals surface area contributed by atoms with Crippen LogP contribution in [0.15, 0.2) is 12.2 Å². The number of aliphatic hydroxyl groups excluding tert-OH is 1. The number of allylic oxidation sites excluding steroid dienone is 1. The van der Waals surface area contributed by atoms with Crippen LogP contribution in [0.1, 0.15) is 72.1 Å². The zero-order chi connectivity index (χ0) is 20.0. The molecule has 3 unspecified atom stereocenters. The lowest BCUT2D eigenvalue weighted by Crippen LogP contribution is -2.50. The second kappa shape index (κ2) is 10.6. The van der Waals surface area contributed by atoms with Crippen molar-refractivity contribution >= 4 is 23.5 Å². The van der Waals surface area contributed by atoms with Crippen LogP contribution in [0.25, 0.3) is 0 Å². The van der Waals surface area contributed by atoms with Gasteiger partial charge in [-0.05, 0) is 31.6 Å². The summed E-state index contributed by atoms with van der Waals surface area (Å²) in [6.45, 7) is 8.22. The van der Waals surface area contributed by atoms with Gasteiger partial charge in [-0.1, -0.05) is 52.2 Å². The minimum atomic E-state index is -0.397. The van der Waals surface area contributed by atoms with Crippen molar-refractivity contribution in [3.05, 3.63) is 12.2 Å². The predicted molar refractivity (Wildman–Crippen MR) is 122 cm³/mol. The highest BCUT2D eigenvalue weighted by Crippen LogP contribution is 2.51. The van der Waals surface area contributed by atoms with E-state index in [0.717, 1.165) is 49.9 Å². The Morgan fingerprint density at radius 3 is 2.50 bits per heavy atom. The third kappa shape index (κ3) is 6.16. The van der Waals surface area contributed by atoms with Crippen molar-refractivity contribution in [1.82, 2.24) is 0 Å². The van der Waals surface area contributed by atoms with E-state index in [4.69, 9.17) is 9.47 Å². The van der Waals surface area contributed by atoms with E-state index < -0.39 is 5.79 Å². The minimum Gasteiger partial charge on any atom is -0.389 e. The quantitative estimate of drug-likeness (QED) is 0.367. The molecule has 0 bridgehead atoms. The lowest BCUT2D eigenvalue weighted by Gasteiger charge is -2.45. The molecule has 1 aliphatic carbocycles. The van der Waals surface area contributed by atoms with E-state index in [9.17, 15) is 5.11 Å². The van der Waals surface area contributed by atoms with Gasteiger partial charge >= 0.3 is 0 Å². The molecule has 3 rings (SSSR count). The second-order valence-corrected chi connectivity index (χ2v) is 12.5. The van der Waals surface area contributed by atoms with Crippen LogP contribution >= 0.6 is 23.5 Å². The smallest absolute Gasteiger partial charge is 0.171 e. The Kier molecular flexibility index (Phi) is 8.68. The molecule has 3 nitrogen and oxygen atoms in total. The van der Waals surface area contributed by atoms with Crippen LogP contribution in [0.2, 0.25) is 0 Å². The lowest BCUT2D eigenvalue weighted by atomic mass is 9.86. The van der Waals surface area contributed by atoms with Crippen LogP contribution in [0, 0.1) is 17.3 Å². The van der Waals surface area contributed by atoms with Gasteiger partial charge in [0, 0.05) is 29.3 Å². The van der Waals surface area contributed by atoms with Crippen LogP contribution in [-0.4, -0.2) is 46.3 Å². The summed E-state index contributed by atoms with van der Waals surface area (Å²) in [5, 5.41) is 10.3. The van der Waals surface area contributed by atoms with Crippen molar-refractivity contribution in [3.63, 3.8) is 0 Å². The highest BCUT2D eigenvalue weighted by atomic mass is 32.2. The van der Waals surface area contributed by atoms with Gasteiger partial charge in [-0.15, -0.1) is 23.5 Å². The highest BCUT2D eigenvalue weighted by molar-refractivity contribution is 8.20. The maximum Gasteiger partial charge on any atom is 0.171 e. The summed E-state index contributed by atoms with van der Waals surface area (Å²) in [5.74, 6) is 3.05. The summed E-state index contributed by atoms with van der Waals surface area (Å²) in [6, 6.07) is 0. The molecular weight excluding hydrogens is 388 g/mol. The third-order valence-corrected chi connectivity index (χ3v) is 9.58. The number of rotatable bonds is 9. The molecule has 0 aromatic rings. The zero-order valence-corrected chi connectivity index (χ0v) is 19.7. The first-order valence-electron chi connectivity index (χ1n) is 11.3. The first-order valence-corrected chi connectivity index (χ1v) is 13.4. The standard InChI is InChI=1S/C23H40O3S2/c1-4-5-6-7-19(24)9-8-18-12-13-23(25-16-22(2,3)17-26-23)20(18)10-11-21-27-14-15-28-21/h8-9,18-21,24H,4-7,10-17H2,1-3H3. The fourth-order valence-corrected chi connectivity index (χ4v) is 7.55. The first kappa shape index (κ1) is 23.0. The molecule has 3 aliphatic rings. The molecule has 28 heavy (non-hydrogen) atoms. The normalized spacial score (nSPS) is 31.1. The van der Waals surface area contributed by atoms with E-state index in [1.807, 2.05) is 0 Å². The summed E-state index contributed by atoms with van der Waals surface area (Å²) >= 11 is 4.23. The van der Waals surface area contributed by atoms with E-state index >= 15 is 0 Å². The molecule has 2 saturated heterocycles. The van der Waals surface area contributed by atoms with Crippen LogP contribution in [0.4, 0.5) is 0 Å². The fourth-order valence-electron chi connectivity index (χ4n) is 4.68. The largest absolute Gasteiger partial charge is 0.389 e. The molecule has 1 N–H and O–H groups in total. The van der Waals surface area contributed by atoms with Crippen LogP contribution in [0.3, 0.4) is 0 Å². The Labute approximate surface area is 180 Å². The lowest BCUT2D eigenvalue weighted by molar-refractivity contribution is -0.316. The summed E-state index contributed by atoms with van der Waals surface area (Å²) in [5.41, 5.74) is 0.107. The highest BCUT2D eigenvalue weighted by Gasteiger charge is 2.52. The van der Waals surface area contributed by atoms with Crippen molar-refractivity contribution in [2.75, 3.05) is 24.7 Å². The van der Waals surface area contributed by atoms with Crippen molar-refractivity contribution in [2.24, 2.45) is 17.3 Å². The average molecular weight is 429 g/mol. The number of hydrogen-bond donors (Lipinski definition) is 1. The van der Waals surface area contributed by atoms with E-state index in [-0.39, 0.29) is 11.5 Å². The van der Waals surface area contributed by atoms with Crippen LogP contribution in [0.5, 0.6) is 0 Å². The van der Waals surface area contributed by atoms with E-state index in [1.165, 1.54) is 30.8 Å². The number of ether oxygens (including phenoxy) is 2. The number of unbranched alkanes of at least 4 members (excludes halogenated alkanes) is 2. The molecule has 162 valence electrons. The van der Waals surface area contributed by atoms with E-state index in [2.05, 4.69) is 56.4 Å². The molecule has 1 saturated carbocycles. The monoisotopic (exact) mass is 428 g/mol. The van der Waals surface area contributed by atoms with Crippen LogP contribution < -0.4 is 0 Å². The molecule has 2 aliphatic heterocycles. The molecule has 3 atom stereocenters. The minimum absolute atomic E-state index is 0.107. The van der Waals surface area contributed by atoms with Gasteiger partial charge in [0.05, 0.1) is 23.9 Å². The van der Waals surface area contributed by atoms with Gasteiger partial charge in [-0.3, -0.25) is 0 Å². The Morgan fingerprint density at radius 2 is 1.82 bits per heavy atom. The SMILES string of the molecule is CCCCCC(O)C=CC1CCC2(OCC(C)(C)CO2)C1CCC1SCCS1. The van der Waals surface area contributed by atoms with Gasteiger partial charge in [0.1, 0.15) is 0 Å². The Hall–Kier alpha value is 0.320. The Bertz CT molecular complexity index is 492. The van der Waals surface area contributed by atoms with Gasteiger partial charge in [0.25, 0.3) is 0 Å². The predicted octanol–water partition coefficient (Wildman–Crippen LogP) is 5.87. The Balaban J connectivity index is 1.62. The first-order chi connectivity index (χ1) is 13.4. The van der Waals surface area contributed by atoms with Gasteiger partial charge in [0.15, 0.2) is 5.79 Å². The van der Waals surface area contributed by atoms with Crippen molar-refractivity contribution < 1.29 is 14.6 Å². The fraction of sp³-hybridized carbons (Fsp3) is 0.913. The summed E-state index contributed by atoms with van der Waals surface area (Å²) < 4.78 is 13.6. The van der Waals surface area contributed by atoms with Gasteiger partial charge < -0.3 is 14.6 Å². The summed E-state index contributed by atoms with van der Waals surface area (Å²) in [4.78, 5) is 0. The van der Waals surface area contributed by atoms with Gasteiger partial charge in [-0.2, -0.15) is 0 Å². The number of aliphatic hydroxyl groups is 1. The molecule has 0 aromatic carbocycles. The summed E-state index contributed by atoms with van der Waals surface area (Å²) in [7, 11) is 0. The summed E-state index contributed by atoms with van der Waals surface area (Å²) in [6.07, 6.45) is 12.9. The van der Waals surface area contributed by atoms with Crippen molar-refractivity contribution in [3.8, 4) is 0 Å². The van der Waals surface area contributed by atoms with Crippen molar-refractivity contribution in [1.29, 1.82) is 0 Å². The molecule has 3 fully saturated rings. The van der Waals surface area contributed by atoms with E-state index in [1.54, 1.807) is 0 Å². The number of thioether (sulfide) groups is 2. The molecular formula is C23H40O3S2. The third-order valence-electron chi connectivity index (χ3n) is 6.41. The zero-order valence-electron chi connectivity index (χ0n) is 18.0. The maximum atomic E-state index is 10.3. The van der Waals surface area contributed by atoms with Gasteiger partial charge in [0.2, 0.25) is 0 Å². The average Bonchev–Trinajstić information content (AvgIpc) is 3.30. The van der Waals surface area contributed by atoms with Gasteiger partial charge in [-0.25, -0.2) is 0 Å². The maximum absolute atomic E-state index is 10.3.